The number of rotatable bonds is 3. The predicted molar refractivity (Wildman–Crippen MR) is 137 cm³/mol. The second-order valence-corrected chi connectivity index (χ2v) is 13.0. The number of anilines is 1. The smallest absolute Gasteiger partial charge is 0.240 e. The number of aliphatic imine (C=N–C) groups is 1. The highest BCUT2D eigenvalue weighted by Gasteiger charge is 2.61. The lowest BCUT2D eigenvalue weighted by Crippen LogP contribution is -2.53. The lowest BCUT2D eigenvalue weighted by Gasteiger charge is -2.55. The molecule has 34 heavy (non-hydrogen) atoms. The fourth-order valence-electron chi connectivity index (χ4n) is 9.39. The molecule has 1 aromatic rings. The van der Waals surface area contributed by atoms with Crippen molar-refractivity contribution in [1.82, 2.24) is 4.90 Å². The monoisotopic (exact) mass is 479 g/mol. The summed E-state index contributed by atoms with van der Waals surface area (Å²) >= 11 is 6.27. The second kappa shape index (κ2) is 8.06. The van der Waals surface area contributed by atoms with E-state index < -0.39 is 0 Å². The zero-order valence-corrected chi connectivity index (χ0v) is 21.1. The SMILES string of the molecule is O=C1N(c2ccc(Cl)cc2)C(=NC23CC4CC(CC(C4)C2)C3)[C@@H](N2CCCC2)C12CCCCC2. The number of likely N-dealkylation sites (tertiary alicyclic amines) is 1. The highest BCUT2D eigenvalue weighted by molar-refractivity contribution is 6.31. The maximum Gasteiger partial charge on any atom is 0.240 e. The number of benzene rings is 1. The minimum atomic E-state index is -0.302. The minimum Gasteiger partial charge on any atom is -0.293 e. The van der Waals surface area contributed by atoms with E-state index in [1.54, 1.807) is 0 Å². The van der Waals surface area contributed by atoms with E-state index in [1.165, 1.54) is 57.8 Å². The van der Waals surface area contributed by atoms with E-state index in [0.717, 1.165) is 73.1 Å². The average Bonchev–Trinajstić information content (AvgIpc) is 3.40. The number of carbonyl (C=O) groups is 1. The number of halogens is 1. The molecule has 182 valence electrons. The molecule has 1 spiro atoms. The number of carbonyl (C=O) groups excluding carboxylic acids is 1. The maximum absolute atomic E-state index is 14.5. The standard InChI is InChI=1S/C29H38ClN3O/c30-23-6-8-24(9-7-23)33-26(31-28-17-20-14-21(18-28)16-22(15-20)19-28)25(32-12-4-5-13-32)29(27(33)34)10-2-1-3-11-29/h6-9,20-22,25H,1-5,10-19H2/t20?,21?,22?,25-,28?/m1/s1. The van der Waals surface area contributed by atoms with Gasteiger partial charge in [-0.1, -0.05) is 30.9 Å². The summed E-state index contributed by atoms with van der Waals surface area (Å²) in [6.45, 7) is 2.21. The van der Waals surface area contributed by atoms with Gasteiger partial charge in [0.25, 0.3) is 0 Å². The Bertz CT molecular complexity index is 954. The summed E-state index contributed by atoms with van der Waals surface area (Å²) in [7, 11) is 0. The molecule has 5 heteroatoms. The van der Waals surface area contributed by atoms with Crippen LogP contribution in [0, 0.1) is 23.2 Å². The lowest BCUT2D eigenvalue weighted by atomic mass is 9.53. The van der Waals surface area contributed by atoms with Crippen molar-refractivity contribution in [2.24, 2.45) is 28.2 Å². The first kappa shape index (κ1) is 21.9. The van der Waals surface area contributed by atoms with Crippen LogP contribution in [0.5, 0.6) is 0 Å². The van der Waals surface area contributed by atoms with Crippen molar-refractivity contribution in [2.45, 2.75) is 95.1 Å². The van der Waals surface area contributed by atoms with Gasteiger partial charge in [-0.05, 0) is 119 Å². The van der Waals surface area contributed by atoms with Crippen LogP contribution in [0.3, 0.4) is 0 Å². The van der Waals surface area contributed by atoms with Gasteiger partial charge in [-0.15, -0.1) is 0 Å². The summed E-state index contributed by atoms with van der Waals surface area (Å²) in [5.41, 5.74) is 0.723. The van der Waals surface area contributed by atoms with Gasteiger partial charge in [0.1, 0.15) is 5.84 Å². The summed E-state index contributed by atoms with van der Waals surface area (Å²) in [5.74, 6) is 3.97. The van der Waals surface area contributed by atoms with Crippen molar-refractivity contribution in [2.75, 3.05) is 18.0 Å². The van der Waals surface area contributed by atoms with Gasteiger partial charge >= 0.3 is 0 Å². The first-order chi connectivity index (χ1) is 16.6. The van der Waals surface area contributed by atoms with Gasteiger partial charge in [0.05, 0.1) is 22.7 Å². The van der Waals surface area contributed by atoms with Crippen molar-refractivity contribution in [3.8, 4) is 0 Å². The Morgan fingerprint density at radius 2 is 1.41 bits per heavy atom. The topological polar surface area (TPSA) is 35.9 Å². The third-order valence-electron chi connectivity index (χ3n) is 10.3. The molecule has 5 saturated carbocycles. The molecule has 0 radical (unpaired) electrons. The van der Waals surface area contributed by atoms with Gasteiger partial charge in [0, 0.05) is 5.02 Å². The summed E-state index contributed by atoms with van der Waals surface area (Å²) < 4.78 is 0. The van der Waals surface area contributed by atoms with Gasteiger partial charge in [-0.25, -0.2) is 0 Å². The third-order valence-corrected chi connectivity index (χ3v) is 10.6. The number of hydrogen-bond donors (Lipinski definition) is 0. The van der Waals surface area contributed by atoms with E-state index in [2.05, 4.69) is 9.80 Å². The van der Waals surface area contributed by atoms with Crippen molar-refractivity contribution < 1.29 is 4.79 Å². The van der Waals surface area contributed by atoms with Gasteiger partial charge in [0.2, 0.25) is 5.91 Å². The fourth-order valence-corrected chi connectivity index (χ4v) is 9.52. The molecule has 1 atom stereocenters. The normalized spacial score (nSPS) is 40.2. The Balaban J connectivity index is 1.38. The third kappa shape index (κ3) is 3.34. The number of amidine groups is 1. The molecule has 4 nitrogen and oxygen atoms in total. The summed E-state index contributed by atoms with van der Waals surface area (Å²) in [4.78, 5) is 25.1. The molecule has 1 aromatic carbocycles. The van der Waals surface area contributed by atoms with Crippen LogP contribution in [0.15, 0.2) is 29.3 Å². The summed E-state index contributed by atoms with van der Waals surface area (Å²) in [6, 6.07) is 8.09. The number of nitrogens with zero attached hydrogens (tertiary/aromatic N) is 3. The van der Waals surface area contributed by atoms with Crippen LogP contribution >= 0.6 is 11.6 Å². The Morgan fingerprint density at radius 1 is 0.824 bits per heavy atom. The van der Waals surface area contributed by atoms with Gasteiger partial charge in [-0.2, -0.15) is 0 Å². The molecule has 4 bridgehead atoms. The van der Waals surface area contributed by atoms with Crippen LogP contribution in [-0.2, 0) is 4.79 Å². The Kier molecular flexibility index (Phi) is 5.18. The molecular formula is C29H38ClN3O. The molecule has 2 heterocycles. The van der Waals surface area contributed by atoms with E-state index >= 15 is 0 Å². The number of amides is 1. The van der Waals surface area contributed by atoms with Gasteiger partial charge < -0.3 is 0 Å². The van der Waals surface area contributed by atoms with Crippen molar-refractivity contribution in [1.29, 1.82) is 0 Å². The minimum absolute atomic E-state index is 0.0627. The second-order valence-electron chi connectivity index (χ2n) is 12.6. The van der Waals surface area contributed by atoms with E-state index in [0.29, 0.717) is 5.91 Å². The Morgan fingerprint density at radius 3 is 2.00 bits per heavy atom. The van der Waals surface area contributed by atoms with E-state index in [9.17, 15) is 4.79 Å². The molecule has 0 N–H and O–H groups in total. The van der Waals surface area contributed by atoms with Crippen molar-refractivity contribution in [3.63, 3.8) is 0 Å². The molecule has 7 fully saturated rings. The van der Waals surface area contributed by atoms with Gasteiger partial charge in [-0.3, -0.25) is 19.6 Å². The van der Waals surface area contributed by atoms with Gasteiger partial charge in [0.15, 0.2) is 0 Å². The largest absolute Gasteiger partial charge is 0.293 e. The zero-order chi connectivity index (χ0) is 22.9. The molecule has 0 unspecified atom stereocenters. The lowest BCUT2D eigenvalue weighted by molar-refractivity contribution is -0.129. The van der Waals surface area contributed by atoms with Crippen LogP contribution in [0.2, 0.25) is 5.02 Å². The highest BCUT2D eigenvalue weighted by Crippen LogP contribution is 2.58. The van der Waals surface area contributed by atoms with E-state index in [1.807, 2.05) is 24.3 Å². The van der Waals surface area contributed by atoms with Crippen molar-refractivity contribution >= 4 is 29.0 Å². The van der Waals surface area contributed by atoms with Crippen LogP contribution in [-0.4, -0.2) is 41.3 Å². The molecular weight excluding hydrogens is 442 g/mol. The molecule has 7 aliphatic rings. The molecule has 0 aromatic heterocycles. The van der Waals surface area contributed by atoms with Crippen molar-refractivity contribution in [3.05, 3.63) is 29.3 Å². The average molecular weight is 480 g/mol. The van der Waals surface area contributed by atoms with Crippen LogP contribution in [0.4, 0.5) is 5.69 Å². The zero-order valence-electron chi connectivity index (χ0n) is 20.4. The highest BCUT2D eigenvalue weighted by atomic mass is 35.5. The molecule has 2 saturated heterocycles. The Hall–Kier alpha value is -1.39. The molecule has 1 amide bonds. The van der Waals surface area contributed by atoms with Crippen LogP contribution in [0.25, 0.3) is 0 Å². The predicted octanol–water partition coefficient (Wildman–Crippen LogP) is 6.47. The van der Waals surface area contributed by atoms with Crippen LogP contribution < -0.4 is 4.90 Å². The summed E-state index contributed by atoms with van der Waals surface area (Å²) in [5, 5.41) is 0.721. The quantitative estimate of drug-likeness (QED) is 0.498. The molecule has 5 aliphatic carbocycles. The first-order valence-electron chi connectivity index (χ1n) is 14.0. The first-order valence-corrected chi connectivity index (χ1v) is 14.4. The van der Waals surface area contributed by atoms with E-state index in [4.69, 9.17) is 16.6 Å². The number of hydrogen-bond acceptors (Lipinski definition) is 3. The fraction of sp³-hybridized carbons (Fsp3) is 0.724. The van der Waals surface area contributed by atoms with E-state index in [-0.39, 0.29) is 17.0 Å². The maximum atomic E-state index is 14.5. The molecule has 2 aliphatic heterocycles. The van der Waals surface area contributed by atoms with Crippen LogP contribution in [0.1, 0.15) is 83.5 Å². The Labute approximate surface area is 209 Å². The summed E-state index contributed by atoms with van der Waals surface area (Å²) in [6.07, 6.45) is 16.1. The molecule has 8 rings (SSSR count).